The first-order valence-electron chi connectivity index (χ1n) is 6.91. The van der Waals surface area contributed by atoms with Gasteiger partial charge in [-0.3, -0.25) is 4.99 Å². The molecule has 0 spiro atoms. The number of rotatable bonds is 8. The molecule has 0 fully saturated rings. The molecule has 1 rings (SSSR count). The lowest BCUT2D eigenvalue weighted by molar-refractivity contribution is 0.507. The maximum atomic E-state index is 5.29. The minimum Gasteiger partial charge on any atom is -0.469 e. The maximum Gasteiger partial charge on any atom is 0.191 e. The molecule has 0 unspecified atom stereocenters. The van der Waals surface area contributed by atoms with Crippen molar-refractivity contribution in [3.8, 4) is 0 Å². The lowest BCUT2D eigenvalue weighted by atomic mass is 10.2. The van der Waals surface area contributed by atoms with Crippen LogP contribution in [0.2, 0.25) is 0 Å². The van der Waals surface area contributed by atoms with E-state index < -0.39 is 0 Å². The van der Waals surface area contributed by atoms with E-state index in [-0.39, 0.29) is 0 Å². The normalized spacial score (nSPS) is 11.6. The molecule has 0 bridgehead atoms. The summed E-state index contributed by atoms with van der Waals surface area (Å²) < 4.78 is 5.29. The second-order valence-electron chi connectivity index (χ2n) is 4.22. The lowest BCUT2D eigenvalue weighted by Gasteiger charge is -2.10. The Morgan fingerprint density at radius 1 is 1.28 bits per heavy atom. The number of unbranched alkanes of at least 4 members (excludes halogenated alkanes) is 2. The second kappa shape index (κ2) is 9.57. The molecule has 0 aliphatic carbocycles. The quantitative estimate of drug-likeness (QED) is 0.424. The molecule has 0 saturated carbocycles. The highest BCUT2D eigenvalue weighted by Crippen LogP contribution is 1.99. The third-order valence-corrected chi connectivity index (χ3v) is 2.62. The van der Waals surface area contributed by atoms with Gasteiger partial charge in [0.1, 0.15) is 5.76 Å². The fourth-order valence-electron chi connectivity index (χ4n) is 1.65. The Morgan fingerprint density at radius 3 is 2.83 bits per heavy atom. The van der Waals surface area contributed by atoms with Gasteiger partial charge in [-0.05, 0) is 25.5 Å². The van der Waals surface area contributed by atoms with Crippen molar-refractivity contribution >= 4 is 5.96 Å². The van der Waals surface area contributed by atoms with Crippen molar-refractivity contribution in [1.29, 1.82) is 0 Å². The van der Waals surface area contributed by atoms with Crippen molar-refractivity contribution in [2.24, 2.45) is 4.99 Å². The SMILES string of the molecule is CCCCCN=C(NCC)NCCc1ccco1. The Kier molecular flexibility index (Phi) is 7.77. The van der Waals surface area contributed by atoms with Crippen molar-refractivity contribution in [2.45, 2.75) is 39.5 Å². The van der Waals surface area contributed by atoms with Crippen LogP contribution in [-0.4, -0.2) is 25.6 Å². The topological polar surface area (TPSA) is 49.6 Å². The van der Waals surface area contributed by atoms with Crippen LogP contribution in [0.5, 0.6) is 0 Å². The van der Waals surface area contributed by atoms with Gasteiger partial charge in [0.05, 0.1) is 6.26 Å². The molecule has 2 N–H and O–H groups in total. The summed E-state index contributed by atoms with van der Waals surface area (Å²) in [6.45, 7) is 6.91. The van der Waals surface area contributed by atoms with Crippen LogP contribution in [0.3, 0.4) is 0 Å². The monoisotopic (exact) mass is 251 g/mol. The number of furan rings is 1. The Labute approximate surface area is 110 Å². The van der Waals surface area contributed by atoms with E-state index in [0.29, 0.717) is 0 Å². The van der Waals surface area contributed by atoms with Gasteiger partial charge in [0.25, 0.3) is 0 Å². The highest BCUT2D eigenvalue weighted by Gasteiger charge is 1.98. The summed E-state index contributed by atoms with van der Waals surface area (Å²) in [5.41, 5.74) is 0. The fraction of sp³-hybridized carbons (Fsp3) is 0.643. The molecule has 4 nitrogen and oxygen atoms in total. The number of hydrogen-bond acceptors (Lipinski definition) is 2. The summed E-state index contributed by atoms with van der Waals surface area (Å²) in [6, 6.07) is 3.91. The van der Waals surface area contributed by atoms with E-state index in [4.69, 9.17) is 4.42 Å². The minimum absolute atomic E-state index is 0.840. The Hall–Kier alpha value is -1.45. The summed E-state index contributed by atoms with van der Waals surface area (Å²) >= 11 is 0. The summed E-state index contributed by atoms with van der Waals surface area (Å²) in [7, 11) is 0. The molecule has 0 atom stereocenters. The van der Waals surface area contributed by atoms with Gasteiger partial charge in [-0.1, -0.05) is 19.8 Å². The van der Waals surface area contributed by atoms with Crippen LogP contribution in [0.1, 0.15) is 38.9 Å². The van der Waals surface area contributed by atoms with Gasteiger partial charge in [0, 0.05) is 26.1 Å². The fourth-order valence-corrected chi connectivity index (χ4v) is 1.65. The van der Waals surface area contributed by atoms with E-state index in [1.807, 2.05) is 12.1 Å². The molecule has 1 heterocycles. The molecule has 1 aromatic rings. The first kappa shape index (κ1) is 14.6. The molecule has 4 heteroatoms. The van der Waals surface area contributed by atoms with Crippen molar-refractivity contribution in [3.63, 3.8) is 0 Å². The van der Waals surface area contributed by atoms with Gasteiger partial charge < -0.3 is 15.1 Å². The van der Waals surface area contributed by atoms with Crippen LogP contribution in [0.25, 0.3) is 0 Å². The number of nitrogens with zero attached hydrogens (tertiary/aromatic N) is 1. The van der Waals surface area contributed by atoms with E-state index in [9.17, 15) is 0 Å². The van der Waals surface area contributed by atoms with Crippen LogP contribution >= 0.6 is 0 Å². The Morgan fingerprint density at radius 2 is 2.17 bits per heavy atom. The number of nitrogens with one attached hydrogen (secondary N) is 2. The van der Waals surface area contributed by atoms with Crippen LogP contribution in [0, 0.1) is 0 Å². The van der Waals surface area contributed by atoms with Crippen LogP contribution in [0.15, 0.2) is 27.8 Å². The molecule has 0 aliphatic rings. The van der Waals surface area contributed by atoms with Gasteiger partial charge in [-0.25, -0.2) is 0 Å². The highest BCUT2D eigenvalue weighted by atomic mass is 16.3. The number of aliphatic imine (C=N–C) groups is 1. The van der Waals surface area contributed by atoms with Crippen LogP contribution in [-0.2, 0) is 6.42 Å². The Balaban J connectivity index is 2.23. The molecule has 0 saturated heterocycles. The number of hydrogen-bond donors (Lipinski definition) is 2. The molecule has 102 valence electrons. The summed E-state index contributed by atoms with van der Waals surface area (Å²) in [5.74, 6) is 1.91. The summed E-state index contributed by atoms with van der Waals surface area (Å²) in [4.78, 5) is 4.53. The standard InChI is InChI=1S/C14H25N3O/c1-3-5-6-10-16-14(15-4-2)17-11-9-13-8-7-12-18-13/h7-8,12H,3-6,9-11H2,1-2H3,(H2,15,16,17). The average molecular weight is 251 g/mol. The first-order chi connectivity index (χ1) is 8.86. The molecule has 0 aromatic carbocycles. The molecular formula is C14H25N3O. The largest absolute Gasteiger partial charge is 0.469 e. The van der Waals surface area contributed by atoms with Gasteiger partial charge in [-0.2, -0.15) is 0 Å². The van der Waals surface area contributed by atoms with Crippen LogP contribution < -0.4 is 10.6 Å². The van der Waals surface area contributed by atoms with E-state index >= 15 is 0 Å². The average Bonchev–Trinajstić information content (AvgIpc) is 2.87. The highest BCUT2D eigenvalue weighted by molar-refractivity contribution is 5.79. The zero-order chi connectivity index (χ0) is 13.1. The zero-order valence-corrected chi connectivity index (χ0v) is 11.5. The van der Waals surface area contributed by atoms with Crippen molar-refractivity contribution in [2.75, 3.05) is 19.6 Å². The predicted molar refractivity (Wildman–Crippen MR) is 75.9 cm³/mol. The lowest BCUT2D eigenvalue weighted by Crippen LogP contribution is -2.38. The summed E-state index contributed by atoms with van der Waals surface area (Å²) in [6.07, 6.45) is 6.23. The van der Waals surface area contributed by atoms with E-state index in [1.165, 1.54) is 12.8 Å². The van der Waals surface area contributed by atoms with Crippen molar-refractivity contribution < 1.29 is 4.42 Å². The maximum absolute atomic E-state index is 5.29. The van der Waals surface area contributed by atoms with Gasteiger partial charge in [-0.15, -0.1) is 0 Å². The van der Waals surface area contributed by atoms with Crippen molar-refractivity contribution in [3.05, 3.63) is 24.2 Å². The predicted octanol–water partition coefficient (Wildman–Crippen LogP) is 2.57. The molecular weight excluding hydrogens is 226 g/mol. The van der Waals surface area contributed by atoms with E-state index in [0.717, 1.165) is 44.2 Å². The smallest absolute Gasteiger partial charge is 0.191 e. The summed E-state index contributed by atoms with van der Waals surface area (Å²) in [5, 5.41) is 6.56. The molecule has 18 heavy (non-hydrogen) atoms. The van der Waals surface area contributed by atoms with Crippen LogP contribution in [0.4, 0.5) is 0 Å². The molecule has 0 radical (unpaired) electrons. The number of guanidine groups is 1. The van der Waals surface area contributed by atoms with Crippen molar-refractivity contribution in [1.82, 2.24) is 10.6 Å². The third kappa shape index (κ3) is 6.33. The zero-order valence-electron chi connectivity index (χ0n) is 11.5. The van der Waals surface area contributed by atoms with E-state index in [2.05, 4.69) is 29.5 Å². The van der Waals surface area contributed by atoms with Gasteiger partial charge >= 0.3 is 0 Å². The second-order valence-corrected chi connectivity index (χ2v) is 4.22. The first-order valence-corrected chi connectivity index (χ1v) is 6.91. The Bertz CT molecular complexity index is 320. The molecule has 1 aromatic heterocycles. The molecule has 0 aliphatic heterocycles. The van der Waals surface area contributed by atoms with Gasteiger partial charge in [0.2, 0.25) is 0 Å². The molecule has 0 amide bonds. The minimum atomic E-state index is 0.840. The third-order valence-electron chi connectivity index (χ3n) is 2.62. The van der Waals surface area contributed by atoms with E-state index in [1.54, 1.807) is 6.26 Å². The van der Waals surface area contributed by atoms with Gasteiger partial charge in [0.15, 0.2) is 5.96 Å².